The summed E-state index contributed by atoms with van der Waals surface area (Å²) in [5.41, 5.74) is 4.91. The molecular weight excluding hydrogens is 254 g/mol. The Morgan fingerprint density at radius 1 is 1.21 bits per heavy atom. The van der Waals surface area contributed by atoms with Crippen molar-refractivity contribution in [1.29, 1.82) is 5.26 Å². The van der Waals surface area contributed by atoms with Gasteiger partial charge >= 0.3 is 0 Å². The quantitative estimate of drug-likeness (QED) is 0.764. The Kier molecular flexibility index (Phi) is 3.35. The maximum Gasteiger partial charge on any atom is 0.178 e. The summed E-state index contributed by atoms with van der Waals surface area (Å²) in [7, 11) is 0. The highest BCUT2D eigenvalue weighted by atomic mass is 32.1. The molecule has 0 amide bonds. The molecule has 0 radical (unpaired) electrons. The molecule has 1 aromatic heterocycles. The van der Waals surface area contributed by atoms with Crippen LogP contribution in [0, 0.1) is 11.3 Å². The fourth-order valence-corrected chi connectivity index (χ4v) is 3.70. The van der Waals surface area contributed by atoms with Gasteiger partial charge in [0.1, 0.15) is 11.6 Å². The van der Waals surface area contributed by atoms with Crippen LogP contribution in [0.25, 0.3) is 5.57 Å². The van der Waals surface area contributed by atoms with E-state index in [4.69, 9.17) is 0 Å². The molecule has 0 atom stereocenters. The van der Waals surface area contributed by atoms with Crippen LogP contribution in [0.4, 0.5) is 0 Å². The van der Waals surface area contributed by atoms with Gasteiger partial charge in [-0.05, 0) is 53.6 Å². The molecule has 0 saturated heterocycles. The first-order valence-corrected chi connectivity index (χ1v) is 7.67. The van der Waals surface area contributed by atoms with Crippen molar-refractivity contribution in [2.24, 2.45) is 0 Å². The lowest BCUT2D eigenvalue weighted by Gasteiger charge is -2.21. The molecule has 2 nitrogen and oxygen atoms in total. The molecule has 0 spiro atoms. The van der Waals surface area contributed by atoms with Gasteiger partial charge in [-0.2, -0.15) is 16.6 Å². The van der Waals surface area contributed by atoms with Gasteiger partial charge in [0.25, 0.3) is 0 Å². The average molecular weight is 269 g/mol. The Bertz CT molecular complexity index is 614. The van der Waals surface area contributed by atoms with Crippen molar-refractivity contribution in [3.8, 4) is 6.07 Å². The van der Waals surface area contributed by atoms with Crippen LogP contribution in [0.3, 0.4) is 0 Å². The second-order valence-electron chi connectivity index (χ2n) is 5.12. The summed E-state index contributed by atoms with van der Waals surface area (Å²) in [4.78, 5) is 12.2. The maximum absolute atomic E-state index is 12.2. The molecule has 3 heteroatoms. The molecule has 2 aliphatic carbocycles. The van der Waals surface area contributed by atoms with E-state index in [9.17, 15) is 10.1 Å². The van der Waals surface area contributed by atoms with Gasteiger partial charge in [-0.25, -0.2) is 0 Å². The fraction of sp³-hybridized carbons (Fsp3) is 0.375. The number of nitriles is 1. The van der Waals surface area contributed by atoms with Crippen molar-refractivity contribution in [1.82, 2.24) is 0 Å². The Labute approximate surface area is 117 Å². The highest BCUT2D eigenvalue weighted by Crippen LogP contribution is 2.41. The fourth-order valence-electron chi connectivity index (χ4n) is 3.06. The third-order valence-corrected chi connectivity index (χ3v) is 4.64. The number of Topliss-reactive ketones (excluding diaryl/α,β-unsaturated/α-hetero) is 1. The average Bonchev–Trinajstić information content (AvgIpc) is 2.83. The molecule has 19 heavy (non-hydrogen) atoms. The minimum absolute atomic E-state index is 0.00403. The van der Waals surface area contributed by atoms with Crippen LogP contribution in [0.15, 0.2) is 33.5 Å². The van der Waals surface area contributed by atoms with E-state index in [0.717, 1.165) is 24.0 Å². The predicted molar refractivity (Wildman–Crippen MR) is 76.6 cm³/mol. The summed E-state index contributed by atoms with van der Waals surface area (Å²) in [5.74, 6) is 0.00403. The van der Waals surface area contributed by atoms with Crippen LogP contribution in [0.1, 0.15) is 44.1 Å². The van der Waals surface area contributed by atoms with Crippen LogP contribution in [0.5, 0.6) is 0 Å². The number of hydrogen-bond donors (Lipinski definition) is 0. The molecule has 0 fully saturated rings. The lowest BCUT2D eigenvalue weighted by atomic mass is 9.80. The summed E-state index contributed by atoms with van der Waals surface area (Å²) in [6.45, 7) is 0. The van der Waals surface area contributed by atoms with Crippen molar-refractivity contribution >= 4 is 22.7 Å². The Morgan fingerprint density at radius 2 is 2.05 bits per heavy atom. The van der Waals surface area contributed by atoms with Gasteiger partial charge in [0.2, 0.25) is 0 Å². The standard InChI is InChI=1S/C16H15NOS/c17-9-14-15(18)8-11-4-2-1-3-5-13(11)16(14)12-6-7-19-10-12/h6-7,10H,1-5,8H2. The minimum atomic E-state index is 0.00403. The van der Waals surface area contributed by atoms with Crippen molar-refractivity contribution in [2.75, 3.05) is 0 Å². The van der Waals surface area contributed by atoms with Crippen LogP contribution in [-0.4, -0.2) is 5.78 Å². The highest BCUT2D eigenvalue weighted by molar-refractivity contribution is 7.08. The summed E-state index contributed by atoms with van der Waals surface area (Å²) in [6.07, 6.45) is 6.06. The first-order chi connectivity index (χ1) is 9.31. The van der Waals surface area contributed by atoms with E-state index >= 15 is 0 Å². The smallest absolute Gasteiger partial charge is 0.178 e. The Balaban J connectivity index is 2.19. The second-order valence-corrected chi connectivity index (χ2v) is 5.90. The second kappa shape index (κ2) is 5.14. The third kappa shape index (κ3) is 2.17. The number of allylic oxidation sites excluding steroid dienone is 4. The van der Waals surface area contributed by atoms with Crippen LogP contribution >= 0.6 is 11.3 Å². The molecule has 0 N–H and O–H groups in total. The van der Waals surface area contributed by atoms with E-state index in [0.29, 0.717) is 12.0 Å². The number of nitrogens with zero attached hydrogens (tertiary/aromatic N) is 1. The minimum Gasteiger partial charge on any atom is -0.293 e. The lowest BCUT2D eigenvalue weighted by Crippen LogP contribution is -2.13. The van der Waals surface area contributed by atoms with Crippen molar-refractivity contribution in [3.63, 3.8) is 0 Å². The monoisotopic (exact) mass is 269 g/mol. The first-order valence-electron chi connectivity index (χ1n) is 6.72. The van der Waals surface area contributed by atoms with Crippen molar-refractivity contribution < 1.29 is 4.79 Å². The van der Waals surface area contributed by atoms with Gasteiger partial charge in [0, 0.05) is 12.0 Å². The van der Waals surface area contributed by atoms with Crippen LogP contribution in [0.2, 0.25) is 0 Å². The first kappa shape index (κ1) is 12.4. The summed E-state index contributed by atoms with van der Waals surface area (Å²) in [5, 5.41) is 13.4. The SMILES string of the molecule is N#CC1=C(c2ccsc2)C2=C(CCCCC2)CC1=O. The van der Waals surface area contributed by atoms with Gasteiger partial charge in [-0.15, -0.1) is 0 Å². The molecule has 96 valence electrons. The number of rotatable bonds is 1. The highest BCUT2D eigenvalue weighted by Gasteiger charge is 2.29. The van der Waals surface area contributed by atoms with E-state index < -0.39 is 0 Å². The molecule has 0 saturated carbocycles. The van der Waals surface area contributed by atoms with E-state index in [1.807, 2.05) is 16.8 Å². The van der Waals surface area contributed by atoms with Gasteiger partial charge in [-0.1, -0.05) is 12.0 Å². The Hall–Kier alpha value is -1.66. The molecule has 0 bridgehead atoms. The summed E-state index contributed by atoms with van der Waals surface area (Å²) < 4.78 is 0. The van der Waals surface area contributed by atoms with Crippen molar-refractivity contribution in [2.45, 2.75) is 38.5 Å². The molecule has 3 rings (SSSR count). The summed E-state index contributed by atoms with van der Waals surface area (Å²) >= 11 is 1.61. The lowest BCUT2D eigenvalue weighted by molar-refractivity contribution is -0.114. The molecule has 1 heterocycles. The topological polar surface area (TPSA) is 40.9 Å². The molecule has 0 aromatic carbocycles. The van der Waals surface area contributed by atoms with Gasteiger partial charge in [0.15, 0.2) is 5.78 Å². The zero-order valence-electron chi connectivity index (χ0n) is 10.7. The summed E-state index contributed by atoms with van der Waals surface area (Å²) in [6, 6.07) is 4.17. The number of carbonyl (C=O) groups is 1. The number of ketones is 1. The number of hydrogen-bond acceptors (Lipinski definition) is 3. The molecular formula is C16H15NOS. The molecule has 2 aliphatic rings. The molecule has 1 aromatic rings. The molecule has 0 aliphatic heterocycles. The number of thiophene rings is 1. The normalized spacial score (nSPS) is 20.1. The van der Waals surface area contributed by atoms with Gasteiger partial charge in [-0.3, -0.25) is 4.79 Å². The van der Waals surface area contributed by atoms with Crippen LogP contribution in [-0.2, 0) is 4.79 Å². The maximum atomic E-state index is 12.2. The predicted octanol–water partition coefficient (Wildman–Crippen LogP) is 4.26. The largest absolute Gasteiger partial charge is 0.293 e. The van der Waals surface area contributed by atoms with E-state index in [1.54, 1.807) is 11.3 Å². The third-order valence-electron chi connectivity index (χ3n) is 3.96. The van der Waals surface area contributed by atoms with E-state index in [2.05, 4.69) is 6.07 Å². The number of carbonyl (C=O) groups excluding carboxylic acids is 1. The zero-order chi connectivity index (χ0) is 13.2. The Morgan fingerprint density at radius 3 is 2.79 bits per heavy atom. The van der Waals surface area contributed by atoms with Crippen molar-refractivity contribution in [3.05, 3.63) is 39.1 Å². The van der Waals surface area contributed by atoms with E-state index in [1.165, 1.54) is 30.4 Å². The van der Waals surface area contributed by atoms with E-state index in [-0.39, 0.29) is 5.78 Å². The molecule has 0 unspecified atom stereocenters. The zero-order valence-corrected chi connectivity index (χ0v) is 11.6. The van der Waals surface area contributed by atoms with Crippen LogP contribution < -0.4 is 0 Å². The van der Waals surface area contributed by atoms with Gasteiger partial charge < -0.3 is 0 Å². The van der Waals surface area contributed by atoms with Gasteiger partial charge in [0.05, 0.1) is 0 Å².